The van der Waals surface area contributed by atoms with Gasteiger partial charge in [-0.2, -0.15) is 4.31 Å². The van der Waals surface area contributed by atoms with Gasteiger partial charge in [-0.05, 0) is 59.2 Å². The number of hydrogen-bond acceptors (Lipinski definition) is 6. The molecule has 4 aromatic carbocycles. The number of morpholine rings is 1. The minimum atomic E-state index is -3.70. The monoisotopic (exact) mass is 679 g/mol. The third-order valence-electron chi connectivity index (χ3n) is 7.74. The van der Waals surface area contributed by atoms with E-state index in [1.807, 2.05) is 42.5 Å². The highest BCUT2D eigenvalue weighted by Gasteiger charge is 2.31. The normalized spacial score (nSPS) is 14.3. The lowest BCUT2D eigenvalue weighted by Crippen LogP contribution is -2.51. The van der Waals surface area contributed by atoms with Crippen molar-refractivity contribution in [3.05, 3.63) is 131 Å². The number of carbonyl (C=O) groups excluding carboxylic acids is 2. The van der Waals surface area contributed by atoms with Gasteiger partial charge in [-0.15, -0.1) is 0 Å². The summed E-state index contributed by atoms with van der Waals surface area (Å²) in [4.78, 5) is 29.3. The molecule has 2 amide bonds. The zero-order valence-corrected chi connectivity index (χ0v) is 27.1. The Morgan fingerprint density at radius 2 is 1.55 bits per heavy atom. The lowest BCUT2D eigenvalue weighted by molar-refractivity contribution is -0.142. The molecule has 0 unspecified atom stereocenters. The summed E-state index contributed by atoms with van der Waals surface area (Å²) in [6, 6.07) is 27.1. The van der Waals surface area contributed by atoms with Crippen molar-refractivity contribution in [2.45, 2.75) is 30.4 Å². The fourth-order valence-corrected chi connectivity index (χ4v) is 6.76. The Hall–Kier alpha value is -4.29. The zero-order chi connectivity index (χ0) is 33.2. The van der Waals surface area contributed by atoms with Gasteiger partial charge in [-0.25, -0.2) is 12.8 Å². The van der Waals surface area contributed by atoms with Gasteiger partial charge in [0.05, 0.1) is 18.1 Å². The second-order valence-corrected chi connectivity index (χ2v) is 13.3. The topological polar surface area (TPSA) is 105 Å². The smallest absolute Gasteiger partial charge is 0.261 e. The first-order chi connectivity index (χ1) is 22.7. The Morgan fingerprint density at radius 1 is 0.894 bits per heavy atom. The molecule has 9 nitrogen and oxygen atoms in total. The van der Waals surface area contributed by atoms with E-state index in [2.05, 4.69) is 5.32 Å². The van der Waals surface area contributed by atoms with Gasteiger partial charge in [-0.1, -0.05) is 72.3 Å². The lowest BCUT2D eigenvalue weighted by Gasteiger charge is -2.31. The van der Waals surface area contributed by atoms with E-state index in [1.165, 1.54) is 45.6 Å². The highest BCUT2D eigenvalue weighted by molar-refractivity contribution is 7.89. The van der Waals surface area contributed by atoms with Crippen LogP contribution in [0.25, 0.3) is 0 Å². The number of rotatable bonds is 13. The minimum Gasteiger partial charge on any atom is -0.484 e. The van der Waals surface area contributed by atoms with Crippen molar-refractivity contribution in [3.8, 4) is 5.75 Å². The molecule has 1 N–H and O–H groups in total. The highest BCUT2D eigenvalue weighted by Crippen LogP contribution is 2.22. The van der Waals surface area contributed by atoms with E-state index in [9.17, 15) is 22.4 Å². The lowest BCUT2D eigenvalue weighted by atomic mass is 10.0. The molecule has 246 valence electrons. The molecule has 1 aliphatic heterocycles. The van der Waals surface area contributed by atoms with Gasteiger partial charge in [0, 0.05) is 37.6 Å². The fraction of sp³-hybridized carbons (Fsp3) is 0.257. The van der Waals surface area contributed by atoms with Crippen LogP contribution >= 0.6 is 11.6 Å². The van der Waals surface area contributed by atoms with Crippen LogP contribution in [0.15, 0.2) is 108 Å². The van der Waals surface area contributed by atoms with Gasteiger partial charge in [-0.3, -0.25) is 9.59 Å². The second-order valence-electron chi connectivity index (χ2n) is 10.9. The average Bonchev–Trinajstić information content (AvgIpc) is 3.10. The van der Waals surface area contributed by atoms with Crippen molar-refractivity contribution in [2.75, 3.05) is 32.9 Å². The highest BCUT2D eigenvalue weighted by atomic mass is 35.5. The Bertz CT molecular complexity index is 1750. The Kier molecular flexibility index (Phi) is 11.6. The number of amides is 2. The molecule has 0 bridgehead atoms. The molecule has 12 heteroatoms. The first-order valence-corrected chi connectivity index (χ1v) is 16.9. The van der Waals surface area contributed by atoms with Crippen molar-refractivity contribution in [3.63, 3.8) is 0 Å². The molecule has 1 atom stereocenters. The van der Waals surface area contributed by atoms with E-state index in [-0.39, 0.29) is 43.2 Å². The molecule has 4 aromatic rings. The molecule has 0 radical (unpaired) electrons. The molecular weight excluding hydrogens is 645 g/mol. The van der Waals surface area contributed by atoms with Gasteiger partial charge in [0.1, 0.15) is 17.6 Å². The molecule has 1 heterocycles. The Balaban J connectivity index is 1.36. The quantitative estimate of drug-likeness (QED) is 0.217. The third-order valence-corrected chi connectivity index (χ3v) is 10.0. The van der Waals surface area contributed by atoms with Gasteiger partial charge in [0.15, 0.2) is 6.61 Å². The van der Waals surface area contributed by atoms with Gasteiger partial charge >= 0.3 is 0 Å². The largest absolute Gasteiger partial charge is 0.484 e. The molecule has 0 aliphatic carbocycles. The van der Waals surface area contributed by atoms with Crippen LogP contribution in [0.3, 0.4) is 0 Å². The number of nitrogens with zero attached hydrogens (tertiary/aromatic N) is 2. The number of sulfonamides is 1. The number of halogens is 2. The first kappa shape index (κ1) is 34.1. The minimum absolute atomic E-state index is 0.0101. The van der Waals surface area contributed by atoms with Crippen molar-refractivity contribution >= 4 is 33.4 Å². The van der Waals surface area contributed by atoms with E-state index in [1.54, 1.807) is 24.3 Å². The number of ether oxygens (including phenoxy) is 2. The second kappa shape index (κ2) is 16.0. The molecular formula is C35H35ClFN3O6S. The van der Waals surface area contributed by atoms with E-state index in [4.69, 9.17) is 21.1 Å². The molecule has 0 spiro atoms. The van der Waals surface area contributed by atoms with Crippen LogP contribution in [0.5, 0.6) is 5.75 Å². The summed E-state index contributed by atoms with van der Waals surface area (Å²) < 4.78 is 52.2. The van der Waals surface area contributed by atoms with Gasteiger partial charge in [0.2, 0.25) is 15.9 Å². The van der Waals surface area contributed by atoms with E-state index < -0.39 is 40.3 Å². The summed E-state index contributed by atoms with van der Waals surface area (Å²) in [5, 5.41) is 3.43. The molecule has 1 fully saturated rings. The fourth-order valence-electron chi connectivity index (χ4n) is 5.15. The van der Waals surface area contributed by atoms with E-state index >= 15 is 0 Å². The number of benzene rings is 4. The van der Waals surface area contributed by atoms with Crippen LogP contribution in [0, 0.1) is 5.82 Å². The summed E-state index contributed by atoms with van der Waals surface area (Å²) in [7, 11) is -3.70. The predicted molar refractivity (Wildman–Crippen MR) is 176 cm³/mol. The predicted octanol–water partition coefficient (Wildman–Crippen LogP) is 4.84. The van der Waals surface area contributed by atoms with Crippen molar-refractivity contribution in [1.82, 2.24) is 14.5 Å². The molecule has 1 aliphatic rings. The van der Waals surface area contributed by atoms with E-state index in [0.29, 0.717) is 23.8 Å². The summed E-state index contributed by atoms with van der Waals surface area (Å²) in [5.74, 6) is -1.04. The molecule has 1 saturated heterocycles. The third kappa shape index (κ3) is 9.17. The van der Waals surface area contributed by atoms with Crippen molar-refractivity contribution in [1.29, 1.82) is 0 Å². The standard InChI is InChI=1S/C35H35ClFN3O6S/c36-32-9-5-4-8-28(32)23-38-35(42)33(22-26-6-2-1-3-7-26)40(24-27-10-12-29(37)13-11-27)34(41)25-46-30-14-16-31(17-15-30)47(43,44)39-18-20-45-21-19-39/h1-17,33H,18-25H2,(H,38,42)/t33-/m0/s1. The van der Waals surface area contributed by atoms with Crippen molar-refractivity contribution < 1.29 is 31.9 Å². The van der Waals surface area contributed by atoms with Crippen LogP contribution in [0.1, 0.15) is 16.7 Å². The van der Waals surface area contributed by atoms with Crippen LogP contribution in [-0.4, -0.2) is 68.4 Å². The summed E-state index contributed by atoms with van der Waals surface area (Å²) >= 11 is 6.32. The number of nitrogens with one attached hydrogen (secondary N) is 1. The van der Waals surface area contributed by atoms with Crippen LogP contribution in [0.4, 0.5) is 4.39 Å². The van der Waals surface area contributed by atoms with Crippen LogP contribution < -0.4 is 10.1 Å². The molecule has 47 heavy (non-hydrogen) atoms. The zero-order valence-electron chi connectivity index (χ0n) is 25.6. The Morgan fingerprint density at radius 3 is 2.23 bits per heavy atom. The maximum absolute atomic E-state index is 13.9. The summed E-state index contributed by atoms with van der Waals surface area (Å²) in [5.41, 5.74) is 2.18. The number of hydrogen-bond donors (Lipinski definition) is 1. The van der Waals surface area contributed by atoms with Gasteiger partial charge < -0.3 is 19.7 Å². The molecule has 0 saturated carbocycles. The van der Waals surface area contributed by atoms with Crippen molar-refractivity contribution in [2.24, 2.45) is 0 Å². The number of carbonyl (C=O) groups is 2. The molecule has 0 aromatic heterocycles. The summed E-state index contributed by atoms with van der Waals surface area (Å²) in [6.45, 7) is 0.944. The van der Waals surface area contributed by atoms with Gasteiger partial charge in [0.25, 0.3) is 5.91 Å². The van der Waals surface area contributed by atoms with Crippen LogP contribution in [0.2, 0.25) is 5.02 Å². The first-order valence-electron chi connectivity index (χ1n) is 15.1. The average molecular weight is 680 g/mol. The van der Waals surface area contributed by atoms with Crippen LogP contribution in [-0.2, 0) is 43.9 Å². The SMILES string of the molecule is O=C(NCc1ccccc1Cl)[C@H](Cc1ccccc1)N(Cc1ccc(F)cc1)C(=O)COc1ccc(S(=O)(=O)N2CCOCC2)cc1. The van der Waals surface area contributed by atoms with E-state index in [0.717, 1.165) is 11.1 Å². The maximum atomic E-state index is 13.9. The molecule has 5 rings (SSSR count). The summed E-state index contributed by atoms with van der Waals surface area (Å²) in [6.07, 6.45) is 0.205. The Labute approximate surface area is 278 Å². The maximum Gasteiger partial charge on any atom is 0.261 e.